The zero-order valence-electron chi connectivity index (χ0n) is 18.5. The summed E-state index contributed by atoms with van der Waals surface area (Å²) >= 11 is 0. The fraction of sp³-hybridized carbons (Fsp3) is 0.292. The number of aliphatic hydroxyl groups is 1. The topological polar surface area (TPSA) is 84.2 Å². The number of anilines is 1. The van der Waals surface area contributed by atoms with E-state index in [2.05, 4.69) is 10.3 Å². The van der Waals surface area contributed by atoms with Crippen molar-refractivity contribution < 1.29 is 23.1 Å². The summed E-state index contributed by atoms with van der Waals surface area (Å²) in [5, 5.41) is 12.1. The Balaban J connectivity index is 2.04. The number of alkyl halides is 3. The van der Waals surface area contributed by atoms with Gasteiger partial charge in [-0.1, -0.05) is 24.3 Å². The molecule has 0 saturated carbocycles. The minimum Gasteiger partial charge on any atom is -0.396 e. The van der Waals surface area contributed by atoms with E-state index in [-0.39, 0.29) is 30.0 Å². The van der Waals surface area contributed by atoms with Gasteiger partial charge in [-0.25, -0.2) is 4.98 Å². The van der Waals surface area contributed by atoms with Gasteiger partial charge < -0.3 is 10.4 Å². The van der Waals surface area contributed by atoms with E-state index in [9.17, 15) is 27.9 Å². The molecule has 0 atom stereocenters. The number of hydrogen-bond donors (Lipinski definition) is 2. The molecule has 0 aliphatic rings. The van der Waals surface area contributed by atoms with Crippen LogP contribution in [-0.2, 0) is 23.9 Å². The lowest BCUT2D eigenvalue weighted by atomic mass is 10.1. The van der Waals surface area contributed by atoms with Crippen LogP contribution in [0.2, 0.25) is 0 Å². The summed E-state index contributed by atoms with van der Waals surface area (Å²) in [5.41, 5.74) is 1.95. The molecule has 1 amide bonds. The number of carbonyl (C=O) groups excluding carboxylic acids is 1. The van der Waals surface area contributed by atoms with Gasteiger partial charge in [0.1, 0.15) is 12.4 Å². The number of carbonyl (C=O) groups is 1. The Morgan fingerprint density at radius 3 is 2.36 bits per heavy atom. The summed E-state index contributed by atoms with van der Waals surface area (Å²) < 4.78 is 40.0. The van der Waals surface area contributed by atoms with Crippen LogP contribution in [0.1, 0.15) is 27.9 Å². The lowest BCUT2D eigenvalue weighted by Crippen LogP contribution is -2.33. The maximum Gasteiger partial charge on any atom is 0.416 e. The van der Waals surface area contributed by atoms with Crippen molar-refractivity contribution in [1.82, 2.24) is 9.55 Å². The third-order valence-corrected chi connectivity index (χ3v) is 5.48. The van der Waals surface area contributed by atoms with Crippen LogP contribution in [0.15, 0.2) is 47.3 Å². The molecule has 9 heteroatoms. The summed E-state index contributed by atoms with van der Waals surface area (Å²) in [4.78, 5) is 30.4. The summed E-state index contributed by atoms with van der Waals surface area (Å²) in [6.07, 6.45) is -4.46. The Labute approximate surface area is 188 Å². The average Bonchev–Trinajstić information content (AvgIpc) is 2.75. The molecule has 1 aromatic heterocycles. The molecular weight excluding hydrogens is 435 g/mol. The van der Waals surface area contributed by atoms with Crippen LogP contribution in [0.3, 0.4) is 0 Å². The molecule has 33 heavy (non-hydrogen) atoms. The van der Waals surface area contributed by atoms with Crippen LogP contribution < -0.4 is 10.9 Å². The van der Waals surface area contributed by atoms with Crippen LogP contribution in [-0.4, -0.2) is 27.2 Å². The number of benzene rings is 2. The largest absolute Gasteiger partial charge is 0.416 e. The van der Waals surface area contributed by atoms with Crippen LogP contribution >= 0.6 is 0 Å². The predicted molar refractivity (Wildman–Crippen MR) is 119 cm³/mol. The molecule has 6 nitrogen and oxygen atoms in total. The van der Waals surface area contributed by atoms with Gasteiger partial charge in [0.2, 0.25) is 5.91 Å². The molecule has 2 N–H and O–H groups in total. The Hall–Kier alpha value is -3.46. The summed E-state index contributed by atoms with van der Waals surface area (Å²) in [7, 11) is 0. The molecule has 0 aliphatic carbocycles. The molecule has 2 aromatic carbocycles. The second-order valence-corrected chi connectivity index (χ2v) is 7.74. The highest BCUT2D eigenvalue weighted by Gasteiger charge is 2.30. The highest BCUT2D eigenvalue weighted by molar-refractivity contribution is 5.91. The summed E-state index contributed by atoms with van der Waals surface area (Å²) in [6, 6.07) is 9.68. The van der Waals surface area contributed by atoms with E-state index in [1.54, 1.807) is 19.1 Å². The molecule has 174 valence electrons. The van der Waals surface area contributed by atoms with E-state index in [0.717, 1.165) is 27.8 Å². The first-order chi connectivity index (χ1) is 15.5. The number of aliphatic hydroxyl groups excluding tert-OH is 1. The second kappa shape index (κ2) is 9.58. The van der Waals surface area contributed by atoms with Crippen molar-refractivity contribution >= 4 is 11.6 Å². The molecule has 0 fully saturated rings. The molecule has 0 aliphatic heterocycles. The van der Waals surface area contributed by atoms with E-state index < -0.39 is 29.8 Å². The third-order valence-electron chi connectivity index (χ3n) is 5.48. The number of halogens is 3. The van der Waals surface area contributed by atoms with Gasteiger partial charge in [-0.3, -0.25) is 14.2 Å². The normalized spacial score (nSPS) is 11.5. The lowest BCUT2D eigenvalue weighted by Gasteiger charge is -2.17. The zero-order chi connectivity index (χ0) is 24.3. The number of hydrogen-bond acceptors (Lipinski definition) is 4. The van der Waals surface area contributed by atoms with E-state index >= 15 is 0 Å². The summed E-state index contributed by atoms with van der Waals surface area (Å²) in [5.74, 6) is -0.413. The fourth-order valence-electron chi connectivity index (χ4n) is 3.50. The first-order valence-corrected chi connectivity index (χ1v) is 10.3. The highest BCUT2D eigenvalue weighted by Crippen LogP contribution is 2.30. The average molecular weight is 459 g/mol. The molecule has 3 aromatic rings. The number of aromatic nitrogens is 2. The Morgan fingerprint density at radius 2 is 1.76 bits per heavy atom. The van der Waals surface area contributed by atoms with Crippen molar-refractivity contribution in [3.8, 4) is 11.4 Å². The third kappa shape index (κ3) is 5.31. The van der Waals surface area contributed by atoms with Gasteiger partial charge in [0.15, 0.2) is 0 Å². The van der Waals surface area contributed by atoms with Gasteiger partial charge in [-0.15, -0.1) is 0 Å². The van der Waals surface area contributed by atoms with Crippen molar-refractivity contribution in [1.29, 1.82) is 0 Å². The number of nitrogens with zero attached hydrogens (tertiary/aromatic N) is 2. The summed E-state index contributed by atoms with van der Waals surface area (Å²) in [6.45, 7) is 4.67. The Kier molecular flexibility index (Phi) is 7.02. The fourth-order valence-corrected chi connectivity index (χ4v) is 3.50. The minimum atomic E-state index is -4.50. The van der Waals surface area contributed by atoms with Crippen LogP contribution in [0.5, 0.6) is 0 Å². The first kappa shape index (κ1) is 24.2. The Morgan fingerprint density at radius 1 is 1.09 bits per heavy atom. The highest BCUT2D eigenvalue weighted by atomic mass is 19.4. The quantitative estimate of drug-likeness (QED) is 0.583. The van der Waals surface area contributed by atoms with Gasteiger partial charge in [-0.2, -0.15) is 13.2 Å². The maximum absolute atomic E-state index is 13.2. The number of nitrogens with one attached hydrogen (secondary N) is 1. The van der Waals surface area contributed by atoms with Crippen LogP contribution in [0.4, 0.5) is 18.9 Å². The zero-order valence-corrected chi connectivity index (χ0v) is 18.5. The first-order valence-electron chi connectivity index (χ1n) is 10.3. The standard InChI is InChI=1S/C24H24F3N3O3/c1-14-5-4-6-20(15(14)2)29-21(32)13-30-22(28-16(3)19(11-12-31)23(30)33)17-7-9-18(10-8-17)24(25,26)27/h4-10,31H,11-13H2,1-3H3,(H,29,32). The number of rotatable bonds is 6. The molecule has 0 saturated heterocycles. The molecular formula is C24H24F3N3O3. The number of aryl methyl sites for hydroxylation is 2. The molecule has 3 rings (SSSR count). The maximum atomic E-state index is 13.2. The Bertz CT molecular complexity index is 1230. The van der Waals surface area contributed by atoms with Crippen molar-refractivity contribution in [3.63, 3.8) is 0 Å². The minimum absolute atomic E-state index is 0.0452. The second-order valence-electron chi connectivity index (χ2n) is 7.74. The van der Waals surface area contributed by atoms with Gasteiger partial charge in [0.05, 0.1) is 5.56 Å². The van der Waals surface area contributed by atoms with Crippen LogP contribution in [0.25, 0.3) is 11.4 Å². The van der Waals surface area contributed by atoms with E-state index in [4.69, 9.17) is 0 Å². The van der Waals surface area contributed by atoms with Crippen molar-refractivity contribution in [2.75, 3.05) is 11.9 Å². The van der Waals surface area contributed by atoms with Gasteiger partial charge in [0.25, 0.3) is 5.56 Å². The van der Waals surface area contributed by atoms with Gasteiger partial charge >= 0.3 is 6.18 Å². The number of amides is 1. The van der Waals surface area contributed by atoms with Crippen molar-refractivity contribution in [3.05, 3.63) is 80.8 Å². The van der Waals surface area contributed by atoms with Crippen molar-refractivity contribution in [2.24, 2.45) is 0 Å². The lowest BCUT2D eigenvalue weighted by molar-refractivity contribution is -0.137. The SMILES string of the molecule is Cc1cccc(NC(=O)Cn2c(-c3ccc(C(F)(F)F)cc3)nc(C)c(CCO)c2=O)c1C. The van der Waals surface area contributed by atoms with E-state index in [1.807, 2.05) is 19.9 Å². The predicted octanol–water partition coefficient (Wildman–Crippen LogP) is 4.03. The smallest absolute Gasteiger partial charge is 0.396 e. The van der Waals surface area contributed by atoms with Crippen LogP contribution in [0, 0.1) is 20.8 Å². The molecule has 0 radical (unpaired) electrons. The molecule has 1 heterocycles. The molecule has 0 bridgehead atoms. The van der Waals surface area contributed by atoms with Crippen molar-refractivity contribution in [2.45, 2.75) is 39.9 Å². The van der Waals surface area contributed by atoms with E-state index in [1.165, 1.54) is 12.1 Å². The monoisotopic (exact) mass is 459 g/mol. The van der Waals surface area contributed by atoms with E-state index in [0.29, 0.717) is 11.4 Å². The van der Waals surface area contributed by atoms with Gasteiger partial charge in [0, 0.05) is 35.5 Å². The van der Waals surface area contributed by atoms with Gasteiger partial charge in [-0.05, 0) is 50.1 Å². The molecule has 0 spiro atoms. The molecule has 0 unspecified atom stereocenters.